The van der Waals surface area contributed by atoms with Gasteiger partial charge in [0.15, 0.2) is 0 Å². The SMILES string of the molecule is Cc1ccc(N2C[C@H](C(=O)N/N=C\c3cccc(OCc4c(Cl)cccc4Cl)c3)CC2=O)cc1C. The van der Waals surface area contributed by atoms with Gasteiger partial charge < -0.3 is 9.64 Å². The molecule has 1 aliphatic rings. The summed E-state index contributed by atoms with van der Waals surface area (Å²) in [4.78, 5) is 26.8. The Balaban J connectivity index is 1.33. The number of nitrogens with one attached hydrogen (secondary N) is 1. The Morgan fingerprint density at radius 1 is 1.09 bits per heavy atom. The Morgan fingerprint density at radius 3 is 2.57 bits per heavy atom. The zero-order chi connectivity index (χ0) is 24.9. The van der Waals surface area contributed by atoms with Crippen LogP contribution in [0.15, 0.2) is 65.8 Å². The van der Waals surface area contributed by atoms with Crippen LogP contribution in [0.25, 0.3) is 0 Å². The van der Waals surface area contributed by atoms with Crippen molar-refractivity contribution in [2.24, 2.45) is 11.0 Å². The lowest BCUT2D eigenvalue weighted by Gasteiger charge is -2.17. The molecule has 1 fully saturated rings. The van der Waals surface area contributed by atoms with Crippen molar-refractivity contribution in [3.05, 3.63) is 93.0 Å². The third kappa shape index (κ3) is 6.02. The summed E-state index contributed by atoms with van der Waals surface area (Å²) in [6.45, 7) is 4.58. The predicted molar refractivity (Wildman–Crippen MR) is 139 cm³/mol. The highest BCUT2D eigenvalue weighted by Gasteiger charge is 2.35. The molecule has 0 aromatic heterocycles. The fourth-order valence-corrected chi connectivity index (χ4v) is 4.30. The van der Waals surface area contributed by atoms with E-state index in [9.17, 15) is 9.59 Å². The molecule has 0 radical (unpaired) electrons. The molecule has 1 atom stereocenters. The number of hydrazone groups is 1. The minimum Gasteiger partial charge on any atom is -0.489 e. The number of rotatable bonds is 7. The molecule has 0 bridgehead atoms. The van der Waals surface area contributed by atoms with Crippen LogP contribution in [0.1, 0.15) is 28.7 Å². The van der Waals surface area contributed by atoms with Crippen molar-refractivity contribution >= 4 is 46.9 Å². The van der Waals surface area contributed by atoms with Crippen LogP contribution in [0.2, 0.25) is 10.0 Å². The quantitative estimate of drug-likeness (QED) is 0.328. The third-order valence-electron chi connectivity index (χ3n) is 5.99. The number of nitrogens with zero attached hydrogens (tertiary/aromatic N) is 2. The van der Waals surface area contributed by atoms with Crippen molar-refractivity contribution in [1.29, 1.82) is 0 Å². The van der Waals surface area contributed by atoms with E-state index in [1.807, 2.05) is 50.2 Å². The summed E-state index contributed by atoms with van der Waals surface area (Å²) >= 11 is 12.4. The van der Waals surface area contributed by atoms with E-state index in [2.05, 4.69) is 10.5 Å². The van der Waals surface area contributed by atoms with Gasteiger partial charge in [0.05, 0.1) is 12.1 Å². The van der Waals surface area contributed by atoms with E-state index in [1.165, 1.54) is 6.21 Å². The summed E-state index contributed by atoms with van der Waals surface area (Å²) in [5.41, 5.74) is 7.08. The van der Waals surface area contributed by atoms with E-state index in [-0.39, 0.29) is 24.8 Å². The number of halogens is 2. The number of ether oxygens (including phenoxy) is 1. The van der Waals surface area contributed by atoms with Gasteiger partial charge in [-0.15, -0.1) is 0 Å². The first-order chi connectivity index (χ1) is 16.8. The van der Waals surface area contributed by atoms with Crippen molar-refractivity contribution in [2.45, 2.75) is 26.9 Å². The molecule has 0 aliphatic carbocycles. The summed E-state index contributed by atoms with van der Waals surface area (Å²) < 4.78 is 5.82. The molecule has 0 saturated carbocycles. The molecular formula is C27H25Cl2N3O3. The lowest BCUT2D eigenvalue weighted by Crippen LogP contribution is -2.30. The fourth-order valence-electron chi connectivity index (χ4n) is 3.80. The minimum atomic E-state index is -0.462. The lowest BCUT2D eigenvalue weighted by atomic mass is 10.1. The third-order valence-corrected chi connectivity index (χ3v) is 6.70. The maximum absolute atomic E-state index is 12.6. The van der Waals surface area contributed by atoms with Gasteiger partial charge in [0.2, 0.25) is 11.8 Å². The second-order valence-electron chi connectivity index (χ2n) is 8.47. The number of hydrogen-bond donors (Lipinski definition) is 1. The average Bonchev–Trinajstić information content (AvgIpc) is 3.22. The summed E-state index contributed by atoms with van der Waals surface area (Å²) in [6.07, 6.45) is 1.69. The van der Waals surface area contributed by atoms with E-state index >= 15 is 0 Å². The normalized spacial score (nSPS) is 15.6. The van der Waals surface area contributed by atoms with Crippen LogP contribution in [0.4, 0.5) is 5.69 Å². The van der Waals surface area contributed by atoms with Gasteiger partial charge in [-0.3, -0.25) is 9.59 Å². The van der Waals surface area contributed by atoms with E-state index in [4.69, 9.17) is 27.9 Å². The molecule has 0 unspecified atom stereocenters. The van der Waals surface area contributed by atoms with Gasteiger partial charge in [-0.25, -0.2) is 5.43 Å². The van der Waals surface area contributed by atoms with Crippen LogP contribution in [0.3, 0.4) is 0 Å². The van der Waals surface area contributed by atoms with Crippen LogP contribution in [-0.4, -0.2) is 24.6 Å². The molecule has 1 aliphatic heterocycles. The Kier molecular flexibility index (Phi) is 7.73. The first kappa shape index (κ1) is 24.8. The van der Waals surface area contributed by atoms with Crippen LogP contribution in [0.5, 0.6) is 5.75 Å². The molecule has 1 heterocycles. The van der Waals surface area contributed by atoms with Crippen LogP contribution >= 0.6 is 23.2 Å². The molecule has 1 N–H and O–H groups in total. The van der Waals surface area contributed by atoms with Gasteiger partial charge in [0, 0.05) is 34.3 Å². The number of anilines is 1. The molecule has 6 nitrogen and oxygen atoms in total. The molecule has 180 valence electrons. The first-order valence-electron chi connectivity index (χ1n) is 11.2. The van der Waals surface area contributed by atoms with Crippen molar-refractivity contribution in [1.82, 2.24) is 5.43 Å². The highest BCUT2D eigenvalue weighted by molar-refractivity contribution is 6.35. The van der Waals surface area contributed by atoms with Gasteiger partial charge in [-0.1, -0.05) is 47.5 Å². The summed E-state index contributed by atoms with van der Waals surface area (Å²) in [6, 6.07) is 18.4. The Bertz CT molecular complexity index is 1270. The van der Waals surface area contributed by atoms with Gasteiger partial charge in [0.25, 0.3) is 0 Å². The van der Waals surface area contributed by atoms with E-state index < -0.39 is 5.92 Å². The summed E-state index contributed by atoms with van der Waals surface area (Å²) in [7, 11) is 0. The molecule has 8 heteroatoms. The molecule has 4 rings (SSSR count). The van der Waals surface area contributed by atoms with Crippen molar-refractivity contribution in [3.8, 4) is 5.75 Å². The summed E-state index contributed by atoms with van der Waals surface area (Å²) in [5, 5.41) is 5.15. The maximum Gasteiger partial charge on any atom is 0.245 e. The number of hydrogen-bond acceptors (Lipinski definition) is 4. The fraction of sp³-hybridized carbons (Fsp3) is 0.222. The van der Waals surface area contributed by atoms with Crippen molar-refractivity contribution in [2.75, 3.05) is 11.4 Å². The topological polar surface area (TPSA) is 71.0 Å². The smallest absolute Gasteiger partial charge is 0.245 e. The Hall–Kier alpha value is -3.35. The first-order valence-corrected chi connectivity index (χ1v) is 11.9. The zero-order valence-electron chi connectivity index (χ0n) is 19.4. The molecule has 35 heavy (non-hydrogen) atoms. The zero-order valence-corrected chi connectivity index (χ0v) is 20.9. The number of benzene rings is 3. The largest absolute Gasteiger partial charge is 0.489 e. The molecule has 3 aromatic carbocycles. The number of amides is 2. The predicted octanol–water partition coefficient (Wildman–Crippen LogP) is 5.69. The van der Waals surface area contributed by atoms with Gasteiger partial charge in [0.1, 0.15) is 12.4 Å². The minimum absolute atomic E-state index is 0.0687. The second kappa shape index (κ2) is 10.9. The molecular weight excluding hydrogens is 485 g/mol. The van der Waals surface area contributed by atoms with Crippen LogP contribution < -0.4 is 15.1 Å². The highest BCUT2D eigenvalue weighted by atomic mass is 35.5. The number of aryl methyl sites for hydroxylation is 2. The lowest BCUT2D eigenvalue weighted by molar-refractivity contribution is -0.126. The summed E-state index contributed by atoms with van der Waals surface area (Å²) in [5.74, 6) is -0.208. The molecule has 3 aromatic rings. The maximum atomic E-state index is 12.6. The Labute approximate surface area is 214 Å². The van der Waals surface area contributed by atoms with Crippen molar-refractivity contribution in [3.63, 3.8) is 0 Å². The molecule has 0 spiro atoms. The van der Waals surface area contributed by atoms with Gasteiger partial charge in [-0.2, -0.15) is 5.10 Å². The highest BCUT2D eigenvalue weighted by Crippen LogP contribution is 2.27. The van der Waals surface area contributed by atoms with E-state index in [0.29, 0.717) is 27.9 Å². The standard InChI is InChI=1S/C27H25Cl2N3O3/c1-17-9-10-21(11-18(17)2)32-15-20(13-26(32)33)27(34)31-30-14-19-5-3-6-22(12-19)35-16-23-24(28)7-4-8-25(23)29/h3-12,14,20H,13,15-16H2,1-2H3,(H,31,34)/b30-14-/t20-/m1/s1. The second-order valence-corrected chi connectivity index (χ2v) is 9.28. The van der Waals surface area contributed by atoms with Crippen LogP contribution in [-0.2, 0) is 16.2 Å². The monoisotopic (exact) mass is 509 g/mol. The number of carbonyl (C=O) groups is 2. The van der Waals surface area contributed by atoms with Crippen molar-refractivity contribution < 1.29 is 14.3 Å². The average molecular weight is 510 g/mol. The molecule has 2 amide bonds. The molecule has 1 saturated heterocycles. The van der Waals surface area contributed by atoms with Gasteiger partial charge in [-0.05, 0) is 66.9 Å². The number of carbonyl (C=O) groups excluding carboxylic acids is 2. The van der Waals surface area contributed by atoms with E-state index in [1.54, 1.807) is 29.2 Å². The van der Waals surface area contributed by atoms with Crippen LogP contribution in [0, 0.1) is 19.8 Å². The van der Waals surface area contributed by atoms with Gasteiger partial charge >= 0.3 is 0 Å². The van der Waals surface area contributed by atoms with E-state index in [0.717, 1.165) is 22.4 Å². The Morgan fingerprint density at radius 2 is 1.83 bits per heavy atom.